The first kappa shape index (κ1) is 21.0. The van der Waals surface area contributed by atoms with E-state index < -0.39 is 0 Å². The Balaban J connectivity index is 1.43. The number of halogens is 2. The molecule has 0 aliphatic heterocycles. The minimum atomic E-state index is -0.370. The van der Waals surface area contributed by atoms with Crippen LogP contribution in [0.4, 0.5) is 4.39 Å². The number of carbonyl (C=O) groups excluding carboxylic acids is 1. The smallest absolute Gasteiger partial charge is 0.237 e. The summed E-state index contributed by atoms with van der Waals surface area (Å²) in [7, 11) is 0. The van der Waals surface area contributed by atoms with Crippen LogP contribution in [0.2, 0.25) is 5.02 Å². The molecule has 162 valence electrons. The molecule has 0 aliphatic rings. The number of amides is 1. The molecule has 1 N–H and O–H groups in total. The lowest BCUT2D eigenvalue weighted by molar-refractivity contribution is -0.118. The van der Waals surface area contributed by atoms with Gasteiger partial charge in [-0.05, 0) is 35.7 Å². The number of rotatable bonds is 7. The van der Waals surface area contributed by atoms with E-state index >= 15 is 0 Å². The molecule has 0 unspecified atom stereocenters. The molecule has 0 bridgehead atoms. The number of thiophene rings is 1. The van der Waals surface area contributed by atoms with Crippen molar-refractivity contribution in [2.24, 2.45) is 0 Å². The highest BCUT2D eigenvalue weighted by Crippen LogP contribution is 2.28. The molecule has 3 aromatic heterocycles. The first-order chi connectivity index (χ1) is 15.6. The Kier molecular flexibility index (Phi) is 5.86. The van der Waals surface area contributed by atoms with Gasteiger partial charge in [0.15, 0.2) is 5.16 Å². The zero-order valence-electron chi connectivity index (χ0n) is 16.7. The number of nitrogens with zero attached hydrogens (tertiary/aromatic N) is 4. The van der Waals surface area contributed by atoms with Gasteiger partial charge in [0.25, 0.3) is 0 Å². The lowest BCUT2D eigenvalue weighted by Gasteiger charge is -2.08. The number of hydrogen-bond donors (Lipinski definition) is 1. The third-order valence-corrected chi connectivity index (χ3v) is 7.18. The number of hydrogen-bond acceptors (Lipinski definition) is 5. The van der Waals surface area contributed by atoms with Gasteiger partial charge in [0, 0.05) is 15.5 Å². The largest absolute Gasteiger partial charge is 0.350 e. The second kappa shape index (κ2) is 8.93. The van der Waals surface area contributed by atoms with Gasteiger partial charge in [0.1, 0.15) is 5.82 Å². The van der Waals surface area contributed by atoms with Crippen molar-refractivity contribution in [2.45, 2.75) is 18.2 Å². The van der Waals surface area contributed by atoms with Crippen LogP contribution in [0.1, 0.15) is 10.4 Å². The molecule has 6 nitrogen and oxygen atoms in total. The van der Waals surface area contributed by atoms with Crippen molar-refractivity contribution in [1.82, 2.24) is 24.5 Å². The normalized spacial score (nSPS) is 11.4. The fourth-order valence-corrected chi connectivity index (χ4v) is 5.15. The standard InChI is InChI=1S/C22H17ClFN5OS2/c23-16-6-3-7-17(24)15(16)12-28-18-8-1-2-9-19(18)29-21(28)26-27-22(29)32-13-20(30)25-11-14-5-4-10-31-14/h1-10H,11-13H2,(H,25,30). The summed E-state index contributed by atoms with van der Waals surface area (Å²) >= 11 is 9.17. The van der Waals surface area contributed by atoms with Crippen molar-refractivity contribution in [3.8, 4) is 0 Å². The third-order valence-electron chi connectivity index (χ3n) is 5.02. The van der Waals surface area contributed by atoms with Crippen LogP contribution in [0.15, 0.2) is 65.1 Å². The Morgan fingerprint density at radius 1 is 1.09 bits per heavy atom. The molecule has 3 heterocycles. The van der Waals surface area contributed by atoms with Gasteiger partial charge < -0.3 is 9.88 Å². The molecule has 5 aromatic rings. The van der Waals surface area contributed by atoms with Crippen LogP contribution in [0.25, 0.3) is 16.8 Å². The number of imidazole rings is 1. The molecule has 0 saturated carbocycles. The van der Waals surface area contributed by atoms with Gasteiger partial charge in [0.05, 0.1) is 29.9 Å². The van der Waals surface area contributed by atoms with E-state index in [1.807, 2.05) is 50.7 Å². The molecular weight excluding hydrogens is 469 g/mol. The maximum Gasteiger partial charge on any atom is 0.237 e. The van der Waals surface area contributed by atoms with Gasteiger partial charge in [-0.15, -0.1) is 21.5 Å². The Morgan fingerprint density at radius 3 is 2.72 bits per heavy atom. The fourth-order valence-electron chi connectivity index (χ4n) is 3.51. The maximum atomic E-state index is 14.4. The summed E-state index contributed by atoms with van der Waals surface area (Å²) in [5, 5.41) is 14.5. The minimum Gasteiger partial charge on any atom is -0.350 e. The molecule has 0 spiro atoms. The molecule has 1 amide bonds. The number of fused-ring (bicyclic) bond motifs is 3. The van der Waals surface area contributed by atoms with Crippen molar-refractivity contribution in [3.63, 3.8) is 0 Å². The van der Waals surface area contributed by atoms with Crippen molar-refractivity contribution in [1.29, 1.82) is 0 Å². The van der Waals surface area contributed by atoms with E-state index in [9.17, 15) is 9.18 Å². The second-order valence-corrected chi connectivity index (χ2v) is 9.42. The summed E-state index contributed by atoms with van der Waals surface area (Å²) in [6.45, 7) is 0.724. The van der Waals surface area contributed by atoms with Crippen LogP contribution >= 0.6 is 34.7 Å². The molecule has 5 rings (SSSR count). The van der Waals surface area contributed by atoms with Crippen molar-refractivity contribution in [2.75, 3.05) is 5.75 Å². The first-order valence-corrected chi connectivity index (χ1v) is 12.0. The van der Waals surface area contributed by atoms with E-state index in [2.05, 4.69) is 15.5 Å². The Morgan fingerprint density at radius 2 is 1.94 bits per heavy atom. The molecule has 2 aromatic carbocycles. The number of carbonyl (C=O) groups is 1. The van der Waals surface area contributed by atoms with E-state index in [-0.39, 0.29) is 24.0 Å². The molecule has 10 heteroatoms. The van der Waals surface area contributed by atoms with Gasteiger partial charge in [0.2, 0.25) is 11.7 Å². The van der Waals surface area contributed by atoms with Crippen molar-refractivity contribution in [3.05, 3.63) is 81.3 Å². The molecule has 0 saturated heterocycles. The number of aromatic nitrogens is 4. The third kappa shape index (κ3) is 3.99. The highest BCUT2D eigenvalue weighted by Gasteiger charge is 2.19. The predicted octanol–water partition coefficient (Wildman–Crippen LogP) is 4.99. The van der Waals surface area contributed by atoms with Crippen LogP contribution in [-0.2, 0) is 17.9 Å². The SMILES string of the molecule is O=C(CSc1nnc2n(Cc3c(F)cccc3Cl)c3ccccc3n12)NCc1cccs1. The molecule has 0 aliphatic carbocycles. The molecule has 0 radical (unpaired) electrons. The molecule has 0 fully saturated rings. The van der Waals surface area contributed by atoms with Crippen LogP contribution in [0.5, 0.6) is 0 Å². The summed E-state index contributed by atoms with van der Waals surface area (Å²) in [4.78, 5) is 13.4. The van der Waals surface area contributed by atoms with E-state index in [4.69, 9.17) is 11.6 Å². The van der Waals surface area contributed by atoms with Crippen LogP contribution in [-0.4, -0.2) is 30.8 Å². The van der Waals surface area contributed by atoms with Crippen molar-refractivity contribution >= 4 is 57.4 Å². The summed E-state index contributed by atoms with van der Waals surface area (Å²) in [6, 6.07) is 16.3. The second-order valence-electron chi connectivity index (χ2n) is 7.04. The average Bonchev–Trinajstić information content (AvgIpc) is 3.51. The number of benzene rings is 2. The zero-order valence-corrected chi connectivity index (χ0v) is 19.1. The van der Waals surface area contributed by atoms with Gasteiger partial charge in [-0.25, -0.2) is 4.39 Å². The summed E-state index contributed by atoms with van der Waals surface area (Å²) in [5.74, 6) is 0.323. The predicted molar refractivity (Wildman–Crippen MR) is 126 cm³/mol. The highest BCUT2D eigenvalue weighted by atomic mass is 35.5. The van der Waals surface area contributed by atoms with Gasteiger partial charge in [-0.3, -0.25) is 9.20 Å². The minimum absolute atomic E-state index is 0.0815. The van der Waals surface area contributed by atoms with Crippen LogP contribution in [0.3, 0.4) is 0 Å². The Labute approximate surface area is 196 Å². The molecule has 0 atom stereocenters. The topological polar surface area (TPSA) is 64.2 Å². The quantitative estimate of drug-likeness (QED) is 0.330. The average molecular weight is 486 g/mol. The lowest BCUT2D eigenvalue weighted by Crippen LogP contribution is -2.24. The Hall–Kier alpha value is -2.88. The number of nitrogens with one attached hydrogen (secondary N) is 1. The van der Waals surface area contributed by atoms with Crippen LogP contribution in [0, 0.1) is 5.82 Å². The van der Waals surface area contributed by atoms with Gasteiger partial charge >= 0.3 is 0 Å². The summed E-state index contributed by atoms with van der Waals surface area (Å²) in [5.41, 5.74) is 2.14. The van der Waals surface area contributed by atoms with Crippen molar-refractivity contribution < 1.29 is 9.18 Å². The lowest BCUT2D eigenvalue weighted by atomic mass is 10.2. The van der Waals surface area contributed by atoms with E-state index in [0.717, 1.165) is 15.9 Å². The highest BCUT2D eigenvalue weighted by molar-refractivity contribution is 7.99. The summed E-state index contributed by atoms with van der Waals surface area (Å²) < 4.78 is 18.2. The summed E-state index contributed by atoms with van der Waals surface area (Å²) in [6.07, 6.45) is 0. The van der Waals surface area contributed by atoms with E-state index in [0.29, 0.717) is 28.1 Å². The maximum absolute atomic E-state index is 14.4. The zero-order chi connectivity index (χ0) is 22.1. The van der Waals surface area contributed by atoms with E-state index in [1.54, 1.807) is 23.5 Å². The number of para-hydroxylation sites is 2. The van der Waals surface area contributed by atoms with Gasteiger partial charge in [-0.1, -0.05) is 47.6 Å². The fraction of sp³-hybridized carbons (Fsp3) is 0.136. The number of thioether (sulfide) groups is 1. The van der Waals surface area contributed by atoms with Crippen LogP contribution < -0.4 is 5.32 Å². The van der Waals surface area contributed by atoms with Gasteiger partial charge in [-0.2, -0.15) is 0 Å². The monoisotopic (exact) mass is 485 g/mol. The Bertz CT molecular complexity index is 1390. The molecular formula is C22H17ClFN5OS2. The first-order valence-electron chi connectivity index (χ1n) is 9.79. The molecule has 32 heavy (non-hydrogen) atoms. The van der Waals surface area contributed by atoms with E-state index in [1.165, 1.54) is 17.8 Å².